The van der Waals surface area contributed by atoms with Gasteiger partial charge in [-0.05, 0) is 30.3 Å². The largest absolute Gasteiger partial charge is 0.418 e. The maximum absolute atomic E-state index is 13.0. The molecular weight excluding hydrogens is 379 g/mol. The zero-order valence-corrected chi connectivity index (χ0v) is 15.2. The van der Waals surface area contributed by atoms with Gasteiger partial charge in [0.05, 0.1) is 17.8 Å². The highest BCUT2D eigenvalue weighted by molar-refractivity contribution is 6.30. The average molecular weight is 398 g/mol. The Balaban J connectivity index is 1.55. The molecule has 27 heavy (non-hydrogen) atoms. The van der Waals surface area contributed by atoms with E-state index in [4.69, 9.17) is 11.6 Å². The highest BCUT2D eigenvalue weighted by Crippen LogP contribution is 2.34. The number of nitrogens with one attached hydrogen (secondary N) is 1. The van der Waals surface area contributed by atoms with Crippen molar-refractivity contribution in [3.63, 3.8) is 0 Å². The van der Waals surface area contributed by atoms with Gasteiger partial charge in [-0.3, -0.25) is 9.69 Å². The van der Waals surface area contributed by atoms with Crippen LogP contribution < -0.4 is 10.2 Å². The summed E-state index contributed by atoms with van der Waals surface area (Å²) >= 11 is 6.01. The molecule has 0 atom stereocenters. The minimum absolute atomic E-state index is 0.0512. The summed E-state index contributed by atoms with van der Waals surface area (Å²) in [6, 6.07) is 12.5. The van der Waals surface area contributed by atoms with Crippen molar-refractivity contribution in [2.45, 2.75) is 6.18 Å². The van der Waals surface area contributed by atoms with Gasteiger partial charge in [-0.25, -0.2) is 0 Å². The molecule has 144 valence electrons. The number of nitrogens with zero attached hydrogens (tertiary/aromatic N) is 2. The van der Waals surface area contributed by atoms with Crippen LogP contribution in [-0.4, -0.2) is 43.5 Å². The van der Waals surface area contributed by atoms with E-state index in [1.807, 2.05) is 29.2 Å². The van der Waals surface area contributed by atoms with Gasteiger partial charge in [0, 0.05) is 36.9 Å². The van der Waals surface area contributed by atoms with Crippen LogP contribution >= 0.6 is 11.6 Å². The van der Waals surface area contributed by atoms with E-state index in [0.717, 1.165) is 11.8 Å². The summed E-state index contributed by atoms with van der Waals surface area (Å²) in [5, 5.41) is 3.05. The molecule has 2 aromatic rings. The molecule has 1 aliphatic rings. The smallest absolute Gasteiger partial charge is 0.369 e. The van der Waals surface area contributed by atoms with Gasteiger partial charge < -0.3 is 10.2 Å². The van der Waals surface area contributed by atoms with E-state index in [1.165, 1.54) is 18.2 Å². The summed E-state index contributed by atoms with van der Waals surface area (Å²) in [7, 11) is 0. The lowest BCUT2D eigenvalue weighted by Gasteiger charge is -2.35. The number of halogens is 4. The van der Waals surface area contributed by atoms with E-state index in [9.17, 15) is 18.0 Å². The number of amides is 1. The normalized spacial score (nSPS) is 15.6. The molecule has 0 spiro atoms. The van der Waals surface area contributed by atoms with Crippen LogP contribution in [0.25, 0.3) is 0 Å². The Bertz CT molecular complexity index is 805. The molecule has 1 heterocycles. The molecule has 0 unspecified atom stereocenters. The van der Waals surface area contributed by atoms with Crippen molar-refractivity contribution in [2.75, 3.05) is 42.9 Å². The molecule has 0 bridgehead atoms. The van der Waals surface area contributed by atoms with Crippen molar-refractivity contribution in [3.05, 3.63) is 59.1 Å². The summed E-state index contributed by atoms with van der Waals surface area (Å²) in [6.45, 7) is 2.76. The number of piperazine rings is 1. The Morgan fingerprint density at radius 3 is 2.41 bits per heavy atom. The SMILES string of the molecule is O=C(CN1CCN(c2cccc(Cl)c2)CC1)Nc1ccccc1C(F)(F)F. The third kappa shape index (κ3) is 5.14. The number of alkyl halides is 3. The van der Waals surface area contributed by atoms with Crippen molar-refractivity contribution >= 4 is 28.9 Å². The molecule has 1 fully saturated rings. The van der Waals surface area contributed by atoms with Crippen LogP contribution in [0.4, 0.5) is 24.5 Å². The average Bonchev–Trinajstić information content (AvgIpc) is 2.62. The predicted octanol–water partition coefficient (Wildman–Crippen LogP) is 4.12. The van der Waals surface area contributed by atoms with E-state index in [-0.39, 0.29) is 12.2 Å². The maximum Gasteiger partial charge on any atom is 0.418 e. The van der Waals surface area contributed by atoms with Crippen LogP contribution in [-0.2, 0) is 11.0 Å². The number of carbonyl (C=O) groups is 1. The standard InChI is InChI=1S/C19H19ClF3N3O/c20-14-4-3-5-15(12-14)26-10-8-25(9-11-26)13-18(27)24-17-7-2-1-6-16(17)19(21,22)23/h1-7,12H,8-11,13H2,(H,24,27). The van der Waals surface area contributed by atoms with Crippen molar-refractivity contribution in [3.8, 4) is 0 Å². The van der Waals surface area contributed by atoms with Crippen molar-refractivity contribution < 1.29 is 18.0 Å². The van der Waals surface area contributed by atoms with Crippen LogP contribution in [0.5, 0.6) is 0 Å². The number of hydrogen-bond donors (Lipinski definition) is 1. The Morgan fingerprint density at radius 2 is 1.74 bits per heavy atom. The summed E-state index contributed by atoms with van der Waals surface area (Å²) in [6.07, 6.45) is -4.51. The van der Waals surface area contributed by atoms with Gasteiger partial charge in [0.2, 0.25) is 5.91 Å². The molecule has 8 heteroatoms. The highest BCUT2D eigenvalue weighted by atomic mass is 35.5. The summed E-state index contributed by atoms with van der Waals surface area (Å²) in [4.78, 5) is 16.3. The zero-order valence-electron chi connectivity index (χ0n) is 14.5. The minimum Gasteiger partial charge on any atom is -0.369 e. The second-order valence-electron chi connectivity index (χ2n) is 6.33. The third-order valence-electron chi connectivity index (χ3n) is 4.42. The molecule has 4 nitrogen and oxygen atoms in total. The Kier molecular flexibility index (Phi) is 5.92. The first-order valence-corrected chi connectivity index (χ1v) is 8.90. The molecule has 1 saturated heterocycles. The second-order valence-corrected chi connectivity index (χ2v) is 6.77. The lowest BCUT2D eigenvalue weighted by atomic mass is 10.1. The Labute approximate surface area is 160 Å². The van der Waals surface area contributed by atoms with Crippen LogP contribution in [0.2, 0.25) is 5.02 Å². The number of carbonyl (C=O) groups excluding carboxylic acids is 1. The molecule has 0 aliphatic carbocycles. The third-order valence-corrected chi connectivity index (χ3v) is 4.65. The summed E-state index contributed by atoms with van der Waals surface area (Å²) in [5.41, 5.74) is -0.0394. The molecule has 0 aromatic heterocycles. The number of rotatable bonds is 4. The lowest BCUT2D eigenvalue weighted by molar-refractivity contribution is -0.137. The molecular formula is C19H19ClF3N3O. The first-order valence-electron chi connectivity index (χ1n) is 8.52. The van der Waals surface area contributed by atoms with E-state index in [0.29, 0.717) is 31.2 Å². The van der Waals surface area contributed by atoms with Gasteiger partial charge in [0.15, 0.2) is 0 Å². The second kappa shape index (κ2) is 8.19. The molecule has 0 radical (unpaired) electrons. The monoisotopic (exact) mass is 397 g/mol. The molecule has 1 amide bonds. The van der Waals surface area contributed by atoms with Gasteiger partial charge in [0.1, 0.15) is 0 Å². The van der Waals surface area contributed by atoms with Crippen molar-refractivity contribution in [1.29, 1.82) is 0 Å². The van der Waals surface area contributed by atoms with E-state index in [1.54, 1.807) is 0 Å². The fourth-order valence-electron chi connectivity index (χ4n) is 3.07. The van der Waals surface area contributed by atoms with E-state index >= 15 is 0 Å². The van der Waals surface area contributed by atoms with Gasteiger partial charge >= 0.3 is 6.18 Å². The fourth-order valence-corrected chi connectivity index (χ4v) is 3.25. The maximum atomic E-state index is 13.0. The molecule has 1 aliphatic heterocycles. The van der Waals surface area contributed by atoms with Crippen LogP contribution in [0.1, 0.15) is 5.56 Å². The van der Waals surface area contributed by atoms with Gasteiger partial charge in [-0.1, -0.05) is 29.8 Å². The van der Waals surface area contributed by atoms with Gasteiger partial charge in [-0.2, -0.15) is 13.2 Å². The number of benzene rings is 2. The van der Waals surface area contributed by atoms with Crippen LogP contribution in [0.3, 0.4) is 0 Å². The Hall–Kier alpha value is -2.25. The molecule has 0 saturated carbocycles. The van der Waals surface area contributed by atoms with E-state index < -0.39 is 17.6 Å². The van der Waals surface area contributed by atoms with Crippen molar-refractivity contribution in [1.82, 2.24) is 4.90 Å². The minimum atomic E-state index is -4.51. The van der Waals surface area contributed by atoms with Gasteiger partial charge in [-0.15, -0.1) is 0 Å². The molecule has 2 aromatic carbocycles. The number of hydrogen-bond acceptors (Lipinski definition) is 3. The molecule has 3 rings (SSSR count). The number of anilines is 2. The topological polar surface area (TPSA) is 35.6 Å². The Morgan fingerprint density at radius 1 is 1.04 bits per heavy atom. The van der Waals surface area contributed by atoms with Crippen LogP contribution in [0, 0.1) is 0 Å². The summed E-state index contributed by atoms with van der Waals surface area (Å²) in [5.74, 6) is -0.456. The number of para-hydroxylation sites is 1. The fraction of sp³-hybridized carbons (Fsp3) is 0.316. The van der Waals surface area contributed by atoms with Crippen LogP contribution in [0.15, 0.2) is 48.5 Å². The van der Waals surface area contributed by atoms with Crippen molar-refractivity contribution in [2.24, 2.45) is 0 Å². The lowest BCUT2D eigenvalue weighted by Crippen LogP contribution is -2.48. The molecule has 1 N–H and O–H groups in total. The van der Waals surface area contributed by atoms with E-state index in [2.05, 4.69) is 10.2 Å². The van der Waals surface area contributed by atoms with Gasteiger partial charge in [0.25, 0.3) is 0 Å². The summed E-state index contributed by atoms with van der Waals surface area (Å²) < 4.78 is 39.0. The highest BCUT2D eigenvalue weighted by Gasteiger charge is 2.33. The first kappa shape index (κ1) is 19.5. The quantitative estimate of drug-likeness (QED) is 0.843. The first-order chi connectivity index (χ1) is 12.8. The zero-order chi connectivity index (χ0) is 19.4. The predicted molar refractivity (Wildman–Crippen MR) is 100 cm³/mol.